The van der Waals surface area contributed by atoms with E-state index in [2.05, 4.69) is 9.97 Å². The number of hydrogen-bond donors (Lipinski definition) is 2. The predicted molar refractivity (Wildman–Crippen MR) is 73.8 cm³/mol. The highest BCUT2D eigenvalue weighted by Crippen LogP contribution is 2.23. The van der Waals surface area contributed by atoms with Crippen molar-refractivity contribution in [2.24, 2.45) is 0 Å². The number of aromatic amines is 1. The lowest BCUT2D eigenvalue weighted by Crippen LogP contribution is -2.19. The van der Waals surface area contributed by atoms with Crippen LogP contribution in [0.15, 0.2) is 23.0 Å². The van der Waals surface area contributed by atoms with Crippen LogP contribution in [0.3, 0.4) is 0 Å². The third kappa shape index (κ3) is 2.61. The van der Waals surface area contributed by atoms with Crippen molar-refractivity contribution >= 4 is 17.4 Å². The number of benzene rings is 1. The van der Waals surface area contributed by atoms with E-state index in [0.717, 1.165) is 0 Å². The number of hydrogen-bond acceptors (Lipinski definition) is 3. The molecule has 3 N–H and O–H groups in total. The van der Waals surface area contributed by atoms with E-state index in [0.29, 0.717) is 11.1 Å². The van der Waals surface area contributed by atoms with Crippen LogP contribution in [0.25, 0.3) is 11.4 Å². The Morgan fingerprint density at radius 1 is 1.42 bits per heavy atom. The molecule has 0 aliphatic heterocycles. The highest BCUT2D eigenvalue weighted by Gasteiger charge is 2.13. The van der Waals surface area contributed by atoms with Crippen molar-refractivity contribution < 1.29 is 4.39 Å². The quantitative estimate of drug-likeness (QED) is 0.889. The molecular weight excluding hydrogens is 269 g/mol. The second kappa shape index (κ2) is 5.01. The molecule has 2 rings (SSSR count). The molecule has 0 fully saturated rings. The summed E-state index contributed by atoms with van der Waals surface area (Å²) in [6, 6.07) is 4.09. The summed E-state index contributed by atoms with van der Waals surface area (Å²) < 4.78 is 13.1. The third-order valence-corrected chi connectivity index (χ3v) is 3.04. The van der Waals surface area contributed by atoms with Crippen molar-refractivity contribution in [3.8, 4) is 11.4 Å². The number of nitrogens with zero attached hydrogens (tertiary/aromatic N) is 1. The lowest BCUT2D eigenvalue weighted by Gasteiger charge is -2.09. The van der Waals surface area contributed by atoms with Gasteiger partial charge in [0.1, 0.15) is 17.5 Å². The molecule has 0 unspecified atom stereocenters. The van der Waals surface area contributed by atoms with Crippen molar-refractivity contribution in [2.75, 3.05) is 5.73 Å². The van der Waals surface area contributed by atoms with Gasteiger partial charge in [0.15, 0.2) is 0 Å². The number of halogens is 2. The summed E-state index contributed by atoms with van der Waals surface area (Å²) in [6.07, 6.45) is 0. The van der Waals surface area contributed by atoms with E-state index in [1.165, 1.54) is 18.2 Å². The lowest BCUT2D eigenvalue weighted by molar-refractivity contribution is 0.628. The van der Waals surface area contributed by atoms with Gasteiger partial charge in [0.25, 0.3) is 5.56 Å². The first kappa shape index (κ1) is 13.5. The summed E-state index contributed by atoms with van der Waals surface area (Å²) in [4.78, 5) is 18.7. The van der Waals surface area contributed by atoms with Crippen LogP contribution in [-0.4, -0.2) is 9.97 Å². The van der Waals surface area contributed by atoms with E-state index >= 15 is 0 Å². The van der Waals surface area contributed by atoms with E-state index in [4.69, 9.17) is 17.3 Å². The molecule has 0 atom stereocenters. The third-order valence-electron chi connectivity index (χ3n) is 2.76. The molecule has 4 nitrogen and oxygen atoms in total. The lowest BCUT2D eigenvalue weighted by atomic mass is 10.1. The zero-order valence-corrected chi connectivity index (χ0v) is 11.3. The highest BCUT2D eigenvalue weighted by molar-refractivity contribution is 6.31. The van der Waals surface area contributed by atoms with E-state index in [1.807, 2.05) is 13.8 Å². The summed E-state index contributed by atoms with van der Waals surface area (Å²) in [7, 11) is 0. The Morgan fingerprint density at radius 3 is 2.63 bits per heavy atom. The smallest absolute Gasteiger partial charge is 0.256 e. The molecule has 0 saturated carbocycles. The minimum Gasteiger partial charge on any atom is -0.383 e. The first-order valence-electron chi connectivity index (χ1n) is 5.75. The fraction of sp³-hybridized carbons (Fsp3) is 0.231. The van der Waals surface area contributed by atoms with Gasteiger partial charge >= 0.3 is 0 Å². The summed E-state index contributed by atoms with van der Waals surface area (Å²) in [6.45, 7) is 3.72. The molecule has 1 aromatic heterocycles. The molecule has 100 valence electrons. The zero-order valence-electron chi connectivity index (χ0n) is 10.5. The maximum absolute atomic E-state index is 13.1. The second-order valence-corrected chi connectivity index (χ2v) is 4.90. The van der Waals surface area contributed by atoms with Gasteiger partial charge in [-0.1, -0.05) is 25.4 Å². The SMILES string of the molecule is CC(C)c1c(N)nc(-c2ccc(F)c(Cl)c2)[nH]c1=O. The minimum atomic E-state index is -0.528. The van der Waals surface area contributed by atoms with Gasteiger partial charge in [-0.3, -0.25) is 4.79 Å². The standard InChI is InChI=1S/C13H13ClFN3O/c1-6(2)10-11(16)17-12(18-13(10)19)7-3-4-9(15)8(14)5-7/h3-6H,1-2H3,(H3,16,17,18,19). The second-order valence-electron chi connectivity index (χ2n) is 4.50. The van der Waals surface area contributed by atoms with Crippen molar-refractivity contribution in [3.05, 3.63) is 45.0 Å². The molecule has 2 aromatic rings. The van der Waals surface area contributed by atoms with E-state index < -0.39 is 5.82 Å². The van der Waals surface area contributed by atoms with Crippen LogP contribution >= 0.6 is 11.6 Å². The number of anilines is 1. The van der Waals surface area contributed by atoms with E-state index in [-0.39, 0.29) is 28.1 Å². The van der Waals surface area contributed by atoms with Crippen LogP contribution in [-0.2, 0) is 0 Å². The predicted octanol–water partition coefficient (Wildman–Crippen LogP) is 2.94. The molecule has 19 heavy (non-hydrogen) atoms. The van der Waals surface area contributed by atoms with Crippen molar-refractivity contribution in [2.45, 2.75) is 19.8 Å². The molecule has 0 bridgehead atoms. The number of rotatable bonds is 2. The van der Waals surface area contributed by atoms with Gasteiger partial charge in [-0.25, -0.2) is 9.37 Å². The summed E-state index contributed by atoms with van der Waals surface area (Å²) in [5.74, 6) is -0.107. The molecule has 0 saturated heterocycles. The maximum Gasteiger partial charge on any atom is 0.256 e. The molecule has 0 spiro atoms. The monoisotopic (exact) mass is 281 g/mol. The van der Waals surface area contributed by atoms with Crippen LogP contribution < -0.4 is 11.3 Å². The van der Waals surface area contributed by atoms with Gasteiger partial charge in [0, 0.05) is 5.56 Å². The van der Waals surface area contributed by atoms with Crippen molar-refractivity contribution in [1.29, 1.82) is 0 Å². The topological polar surface area (TPSA) is 71.8 Å². The van der Waals surface area contributed by atoms with Gasteiger partial charge in [-0.15, -0.1) is 0 Å². The molecule has 0 amide bonds. The van der Waals surface area contributed by atoms with E-state index in [1.54, 1.807) is 0 Å². The highest BCUT2D eigenvalue weighted by atomic mass is 35.5. The van der Waals surface area contributed by atoms with Crippen molar-refractivity contribution in [3.63, 3.8) is 0 Å². The fourth-order valence-corrected chi connectivity index (χ4v) is 2.02. The fourth-order valence-electron chi connectivity index (χ4n) is 1.84. The van der Waals surface area contributed by atoms with Gasteiger partial charge in [-0.2, -0.15) is 0 Å². The number of nitrogens with one attached hydrogen (secondary N) is 1. The van der Waals surface area contributed by atoms with Gasteiger partial charge in [0.2, 0.25) is 0 Å². The van der Waals surface area contributed by atoms with Gasteiger partial charge < -0.3 is 10.7 Å². The largest absolute Gasteiger partial charge is 0.383 e. The van der Waals surface area contributed by atoms with Crippen LogP contribution in [0, 0.1) is 5.82 Å². The normalized spacial score (nSPS) is 11.0. The van der Waals surface area contributed by atoms with Crippen LogP contribution in [0.1, 0.15) is 25.3 Å². The molecular formula is C13H13ClFN3O. The van der Waals surface area contributed by atoms with Crippen LogP contribution in [0.4, 0.5) is 10.2 Å². The Hall–Kier alpha value is -1.88. The van der Waals surface area contributed by atoms with Gasteiger partial charge in [-0.05, 0) is 24.1 Å². The summed E-state index contributed by atoms with van der Waals surface area (Å²) >= 11 is 5.70. The molecule has 1 heterocycles. The Labute approximate surface area is 114 Å². The number of aromatic nitrogens is 2. The first-order valence-corrected chi connectivity index (χ1v) is 6.13. The Balaban J connectivity index is 2.58. The summed E-state index contributed by atoms with van der Waals surface area (Å²) in [5, 5.41) is -0.0355. The van der Waals surface area contributed by atoms with Crippen molar-refractivity contribution in [1.82, 2.24) is 9.97 Å². The molecule has 6 heteroatoms. The van der Waals surface area contributed by atoms with Crippen LogP contribution in [0.2, 0.25) is 5.02 Å². The molecule has 1 aromatic carbocycles. The van der Waals surface area contributed by atoms with E-state index in [9.17, 15) is 9.18 Å². The Bertz CT molecular complexity index is 682. The maximum atomic E-state index is 13.1. The summed E-state index contributed by atoms with van der Waals surface area (Å²) in [5.41, 5.74) is 6.44. The number of H-pyrrole nitrogens is 1. The average molecular weight is 282 g/mol. The Kier molecular flexibility index (Phi) is 3.57. The first-order chi connectivity index (χ1) is 8.90. The zero-order chi connectivity index (χ0) is 14.2. The molecule has 0 aliphatic rings. The molecule has 0 radical (unpaired) electrons. The number of nitrogens with two attached hydrogens (primary N) is 1. The Morgan fingerprint density at radius 2 is 2.11 bits per heavy atom. The minimum absolute atomic E-state index is 0.0258. The van der Waals surface area contributed by atoms with Gasteiger partial charge in [0.05, 0.1) is 10.6 Å². The molecule has 0 aliphatic carbocycles. The average Bonchev–Trinajstić information content (AvgIpc) is 2.31. The number of nitrogen functional groups attached to an aromatic ring is 1. The van der Waals surface area contributed by atoms with Crippen LogP contribution in [0.5, 0.6) is 0 Å².